The van der Waals surface area contributed by atoms with Crippen LogP contribution >= 0.6 is 11.6 Å². The number of carbonyl (C=O) groups excluding carboxylic acids is 1. The van der Waals surface area contributed by atoms with Crippen LogP contribution in [-0.2, 0) is 4.79 Å². The van der Waals surface area contributed by atoms with Gasteiger partial charge in [0.2, 0.25) is 5.91 Å². The Kier molecular flexibility index (Phi) is 3.46. The molecule has 3 nitrogen and oxygen atoms in total. The van der Waals surface area contributed by atoms with Gasteiger partial charge in [-0.05, 0) is 30.7 Å². The summed E-state index contributed by atoms with van der Waals surface area (Å²) in [6.07, 6.45) is 0. The molecule has 1 amide bonds. The summed E-state index contributed by atoms with van der Waals surface area (Å²) in [7, 11) is 0. The fourth-order valence-electron chi connectivity index (χ4n) is 1.96. The van der Waals surface area contributed by atoms with Crippen molar-refractivity contribution in [1.29, 1.82) is 0 Å². The Balaban J connectivity index is 2.02. The number of nitrogens with one attached hydrogen (secondary N) is 2. The molecule has 86 valence electrons. The molecule has 1 saturated heterocycles. The van der Waals surface area contributed by atoms with E-state index in [0.29, 0.717) is 10.9 Å². The minimum absolute atomic E-state index is 0.0546. The number of carbonyl (C=O) groups is 1. The quantitative estimate of drug-likeness (QED) is 0.829. The van der Waals surface area contributed by atoms with Gasteiger partial charge in [-0.15, -0.1) is 0 Å². The standard InChI is InChI=1S/C12H15ClN2O/c1-8-6-14-7-11(8)12(16)15-10-4-2-3-9(13)5-10/h2-5,8,11,14H,6-7H2,1H3,(H,15,16)/t8-,11-/m1/s1. The van der Waals surface area contributed by atoms with Gasteiger partial charge in [0.15, 0.2) is 0 Å². The number of hydrogen-bond donors (Lipinski definition) is 2. The van der Waals surface area contributed by atoms with Gasteiger partial charge >= 0.3 is 0 Å². The number of benzene rings is 1. The van der Waals surface area contributed by atoms with Crippen molar-refractivity contribution < 1.29 is 4.79 Å². The normalized spacial score (nSPS) is 24.4. The monoisotopic (exact) mass is 238 g/mol. The molecule has 1 heterocycles. The van der Waals surface area contributed by atoms with E-state index in [1.165, 1.54) is 0 Å². The highest BCUT2D eigenvalue weighted by atomic mass is 35.5. The first-order chi connectivity index (χ1) is 7.66. The number of rotatable bonds is 2. The molecule has 2 N–H and O–H groups in total. The van der Waals surface area contributed by atoms with E-state index >= 15 is 0 Å². The van der Waals surface area contributed by atoms with Gasteiger partial charge < -0.3 is 10.6 Å². The van der Waals surface area contributed by atoms with E-state index in [-0.39, 0.29) is 11.8 Å². The van der Waals surface area contributed by atoms with Crippen molar-refractivity contribution in [1.82, 2.24) is 5.32 Å². The van der Waals surface area contributed by atoms with Crippen LogP contribution in [0.2, 0.25) is 5.02 Å². The Morgan fingerprint density at radius 1 is 1.50 bits per heavy atom. The van der Waals surface area contributed by atoms with Crippen LogP contribution in [-0.4, -0.2) is 19.0 Å². The summed E-state index contributed by atoms with van der Waals surface area (Å²) in [4.78, 5) is 11.9. The lowest BCUT2D eigenvalue weighted by molar-refractivity contribution is -0.120. The minimum Gasteiger partial charge on any atom is -0.326 e. The molecule has 0 aromatic heterocycles. The lowest BCUT2D eigenvalue weighted by Gasteiger charge is -2.14. The fraction of sp³-hybridized carbons (Fsp3) is 0.417. The zero-order valence-corrected chi connectivity index (χ0v) is 9.92. The van der Waals surface area contributed by atoms with E-state index in [2.05, 4.69) is 17.6 Å². The zero-order chi connectivity index (χ0) is 11.5. The second kappa shape index (κ2) is 4.85. The smallest absolute Gasteiger partial charge is 0.229 e. The lowest BCUT2D eigenvalue weighted by atomic mass is 9.97. The SMILES string of the molecule is C[C@@H]1CNC[C@H]1C(=O)Nc1cccc(Cl)c1. The maximum Gasteiger partial charge on any atom is 0.229 e. The van der Waals surface area contributed by atoms with Gasteiger partial charge in [-0.3, -0.25) is 4.79 Å². The second-order valence-corrected chi connectivity index (χ2v) is 4.68. The molecule has 0 bridgehead atoms. The number of amides is 1. The van der Waals surface area contributed by atoms with Crippen LogP contribution in [0.5, 0.6) is 0 Å². The molecule has 0 radical (unpaired) electrons. The first-order valence-corrected chi connectivity index (χ1v) is 5.82. The van der Waals surface area contributed by atoms with Crippen molar-refractivity contribution in [3.8, 4) is 0 Å². The Hall–Kier alpha value is -1.06. The van der Waals surface area contributed by atoms with E-state index in [0.717, 1.165) is 18.8 Å². The molecule has 1 aromatic carbocycles. The van der Waals surface area contributed by atoms with Gasteiger partial charge in [0.05, 0.1) is 5.92 Å². The highest BCUT2D eigenvalue weighted by molar-refractivity contribution is 6.30. The second-order valence-electron chi connectivity index (χ2n) is 4.24. The summed E-state index contributed by atoms with van der Waals surface area (Å²) < 4.78 is 0. The Morgan fingerprint density at radius 3 is 2.94 bits per heavy atom. The van der Waals surface area contributed by atoms with Crippen molar-refractivity contribution in [2.24, 2.45) is 11.8 Å². The van der Waals surface area contributed by atoms with E-state index in [9.17, 15) is 4.79 Å². The molecule has 0 saturated carbocycles. The van der Waals surface area contributed by atoms with Crippen molar-refractivity contribution in [3.63, 3.8) is 0 Å². The number of hydrogen-bond acceptors (Lipinski definition) is 2. The highest BCUT2D eigenvalue weighted by Gasteiger charge is 2.29. The molecule has 1 aliphatic rings. The zero-order valence-electron chi connectivity index (χ0n) is 9.16. The molecular weight excluding hydrogens is 224 g/mol. The highest BCUT2D eigenvalue weighted by Crippen LogP contribution is 2.20. The van der Waals surface area contributed by atoms with Gasteiger partial charge in [-0.1, -0.05) is 24.6 Å². The topological polar surface area (TPSA) is 41.1 Å². The van der Waals surface area contributed by atoms with Crippen LogP contribution in [0.25, 0.3) is 0 Å². The maximum absolute atomic E-state index is 11.9. The molecule has 2 atom stereocenters. The van der Waals surface area contributed by atoms with Gasteiger partial charge in [0.1, 0.15) is 0 Å². The van der Waals surface area contributed by atoms with Crippen molar-refractivity contribution in [2.45, 2.75) is 6.92 Å². The van der Waals surface area contributed by atoms with Crippen LogP contribution in [0.15, 0.2) is 24.3 Å². The molecule has 0 unspecified atom stereocenters. The lowest BCUT2D eigenvalue weighted by Crippen LogP contribution is -2.27. The summed E-state index contributed by atoms with van der Waals surface area (Å²) in [6.45, 7) is 3.75. The molecule has 2 rings (SSSR count). The van der Waals surface area contributed by atoms with Crippen molar-refractivity contribution in [2.75, 3.05) is 18.4 Å². The Bertz CT molecular complexity index is 394. The largest absolute Gasteiger partial charge is 0.326 e. The van der Waals surface area contributed by atoms with E-state index in [1.54, 1.807) is 12.1 Å². The van der Waals surface area contributed by atoms with Crippen LogP contribution in [0.3, 0.4) is 0 Å². The van der Waals surface area contributed by atoms with Crippen LogP contribution in [0, 0.1) is 11.8 Å². The first-order valence-electron chi connectivity index (χ1n) is 5.44. The van der Waals surface area contributed by atoms with Crippen molar-refractivity contribution >= 4 is 23.2 Å². The molecule has 4 heteroatoms. The van der Waals surface area contributed by atoms with Crippen molar-refractivity contribution in [3.05, 3.63) is 29.3 Å². The first kappa shape index (κ1) is 11.4. The molecule has 0 aliphatic carbocycles. The molecule has 1 aromatic rings. The summed E-state index contributed by atoms with van der Waals surface area (Å²) >= 11 is 5.85. The van der Waals surface area contributed by atoms with E-state index < -0.39 is 0 Å². The van der Waals surface area contributed by atoms with E-state index in [1.807, 2.05) is 12.1 Å². The molecule has 0 spiro atoms. The summed E-state index contributed by atoms with van der Waals surface area (Å²) in [5, 5.41) is 6.74. The third kappa shape index (κ3) is 2.54. The maximum atomic E-state index is 11.9. The third-order valence-corrected chi connectivity index (χ3v) is 3.18. The number of halogens is 1. The van der Waals surface area contributed by atoms with Gasteiger partial charge in [-0.25, -0.2) is 0 Å². The number of anilines is 1. The average Bonchev–Trinajstić information content (AvgIpc) is 2.64. The summed E-state index contributed by atoms with van der Waals surface area (Å²) in [5.41, 5.74) is 0.761. The fourth-order valence-corrected chi connectivity index (χ4v) is 2.15. The average molecular weight is 239 g/mol. The van der Waals surface area contributed by atoms with Crippen LogP contribution in [0.4, 0.5) is 5.69 Å². The molecule has 1 aliphatic heterocycles. The summed E-state index contributed by atoms with van der Waals surface area (Å²) in [5.74, 6) is 0.512. The van der Waals surface area contributed by atoms with Gasteiger partial charge in [-0.2, -0.15) is 0 Å². The molecule has 1 fully saturated rings. The summed E-state index contributed by atoms with van der Waals surface area (Å²) in [6, 6.07) is 7.22. The van der Waals surface area contributed by atoms with Gasteiger partial charge in [0, 0.05) is 17.3 Å². The molecule has 16 heavy (non-hydrogen) atoms. The third-order valence-electron chi connectivity index (χ3n) is 2.95. The van der Waals surface area contributed by atoms with Crippen LogP contribution < -0.4 is 10.6 Å². The van der Waals surface area contributed by atoms with Gasteiger partial charge in [0.25, 0.3) is 0 Å². The Labute approximate surface area is 100 Å². The van der Waals surface area contributed by atoms with E-state index in [4.69, 9.17) is 11.6 Å². The predicted molar refractivity (Wildman–Crippen MR) is 65.6 cm³/mol. The minimum atomic E-state index is 0.0546. The Morgan fingerprint density at radius 2 is 2.31 bits per heavy atom. The predicted octanol–water partition coefficient (Wildman–Crippen LogP) is 2.13. The van der Waals surface area contributed by atoms with Crippen LogP contribution in [0.1, 0.15) is 6.92 Å². The molecular formula is C12H15ClN2O.